The molecule has 19 rings (SSSR count). The lowest BCUT2D eigenvalue weighted by Crippen LogP contribution is -1.93. The fourth-order valence-electron chi connectivity index (χ4n) is 14.3. The molecule has 0 aliphatic carbocycles. The fourth-order valence-corrected chi connectivity index (χ4v) is 14.3. The Hall–Kier alpha value is -11.5. The minimum atomic E-state index is 0.909. The van der Waals surface area contributed by atoms with Gasteiger partial charge in [0.05, 0.1) is 11.0 Å². The Morgan fingerprint density at radius 1 is 0.184 bits per heavy atom. The summed E-state index contributed by atoms with van der Waals surface area (Å²) < 4.78 is 15.1. The smallest absolute Gasteiger partial charge is 0.136 e. The Labute approximate surface area is 500 Å². The number of para-hydroxylation sites is 2. The predicted octanol–water partition coefficient (Wildman–Crippen LogP) is 23.9. The van der Waals surface area contributed by atoms with Crippen LogP contribution in [0.15, 0.2) is 318 Å². The second-order valence-electron chi connectivity index (χ2n) is 23.0. The molecule has 0 unspecified atom stereocenters. The molecule has 0 radical (unpaired) electrons. The average molecular weight is 1110 g/mol. The van der Waals surface area contributed by atoms with E-state index in [1.807, 2.05) is 0 Å². The van der Waals surface area contributed by atoms with Crippen molar-refractivity contribution < 1.29 is 8.83 Å². The molecule has 0 bridgehead atoms. The van der Waals surface area contributed by atoms with Gasteiger partial charge >= 0.3 is 0 Å². The minimum absolute atomic E-state index is 0.909. The number of rotatable bonds is 5. The van der Waals surface area contributed by atoms with E-state index in [2.05, 4.69) is 314 Å². The monoisotopic (exact) mass is 1110 g/mol. The Bertz CT molecular complexity index is 5890. The van der Waals surface area contributed by atoms with Gasteiger partial charge in [0.1, 0.15) is 22.3 Å². The molecule has 404 valence electrons. The third kappa shape index (κ3) is 7.76. The van der Waals surface area contributed by atoms with Gasteiger partial charge in [-0.15, -0.1) is 0 Å². The molecule has 0 amide bonds. The van der Waals surface area contributed by atoms with Crippen LogP contribution in [-0.4, -0.2) is 4.57 Å². The number of fused-ring (bicyclic) bond motifs is 15. The van der Waals surface area contributed by atoms with Gasteiger partial charge in [0.2, 0.25) is 0 Å². The topological polar surface area (TPSA) is 31.2 Å². The zero-order chi connectivity index (χ0) is 57.1. The second kappa shape index (κ2) is 19.5. The van der Waals surface area contributed by atoms with E-state index in [9.17, 15) is 0 Å². The van der Waals surface area contributed by atoms with E-state index in [1.54, 1.807) is 0 Å². The van der Waals surface area contributed by atoms with E-state index < -0.39 is 0 Å². The first kappa shape index (κ1) is 49.0. The largest absolute Gasteiger partial charge is 0.456 e. The van der Waals surface area contributed by atoms with Gasteiger partial charge in [-0.05, 0) is 188 Å². The summed E-state index contributed by atoms with van der Waals surface area (Å²) in [6.07, 6.45) is 0. The normalized spacial score (nSPS) is 11.9. The second-order valence-corrected chi connectivity index (χ2v) is 23.0. The molecule has 0 aliphatic heterocycles. The maximum absolute atomic E-state index is 6.40. The molecule has 3 aromatic heterocycles. The summed E-state index contributed by atoms with van der Waals surface area (Å²) >= 11 is 0. The standard InChI is InChI=1S/C48H29NO.C36H22O/c1-2-14-34(15-3-1)49-43-21-11-10-16-35(43)40-27-32(22-24-44(40)49)47-36-17-6-8-19-38(36)48(39-20-9-7-18-37(39)47)33-23-25-45-41(28-33)42-26-30-12-4-5-13-31(30)29-46(42)50-45;1-2-10-23(11-3-1)35-27-14-6-8-16-29(27)36(30-17-9-7-15-28(30)35)26-18-19-33-31(21-26)32-20-24-12-4-5-13-25(24)22-34(32)37-33/h1-29H;1-22H. The summed E-state index contributed by atoms with van der Waals surface area (Å²) in [7, 11) is 0. The molecule has 87 heavy (non-hydrogen) atoms. The highest BCUT2D eigenvalue weighted by Gasteiger charge is 2.22. The molecular formula is C84H51NO2. The third-order valence-electron chi connectivity index (χ3n) is 18.2. The highest BCUT2D eigenvalue weighted by molar-refractivity contribution is 6.25. The molecule has 3 heteroatoms. The highest BCUT2D eigenvalue weighted by atomic mass is 16.3. The van der Waals surface area contributed by atoms with E-state index >= 15 is 0 Å². The summed E-state index contributed by atoms with van der Waals surface area (Å²) in [4.78, 5) is 0. The molecule has 0 aliphatic rings. The first-order valence-corrected chi connectivity index (χ1v) is 29.9. The fraction of sp³-hybridized carbons (Fsp3) is 0. The predicted molar refractivity (Wildman–Crippen MR) is 369 cm³/mol. The van der Waals surface area contributed by atoms with Crippen molar-refractivity contribution in [2.75, 3.05) is 0 Å². The number of hydrogen-bond donors (Lipinski definition) is 0. The average Bonchev–Trinajstić information content (AvgIpc) is 1.78. The van der Waals surface area contributed by atoms with Crippen LogP contribution in [0.3, 0.4) is 0 Å². The van der Waals surface area contributed by atoms with Crippen LogP contribution >= 0.6 is 0 Å². The summed E-state index contributed by atoms with van der Waals surface area (Å²) in [6.45, 7) is 0. The van der Waals surface area contributed by atoms with Gasteiger partial charge in [-0.3, -0.25) is 0 Å². The molecule has 0 atom stereocenters. The minimum Gasteiger partial charge on any atom is -0.456 e. The van der Waals surface area contributed by atoms with Crippen molar-refractivity contribution in [3.05, 3.63) is 309 Å². The van der Waals surface area contributed by atoms with Crippen LogP contribution in [0.1, 0.15) is 0 Å². The molecular weight excluding hydrogens is 1050 g/mol. The van der Waals surface area contributed by atoms with E-state index in [0.717, 1.165) is 43.9 Å². The molecule has 3 heterocycles. The number of benzene rings is 16. The van der Waals surface area contributed by atoms with Crippen LogP contribution in [0.5, 0.6) is 0 Å². The number of aromatic nitrogens is 1. The number of furan rings is 2. The van der Waals surface area contributed by atoms with E-state index in [0.29, 0.717) is 0 Å². The van der Waals surface area contributed by atoms with Crippen molar-refractivity contribution in [3.8, 4) is 50.2 Å². The lowest BCUT2D eigenvalue weighted by Gasteiger charge is -2.18. The van der Waals surface area contributed by atoms with Crippen molar-refractivity contribution >= 4 is 130 Å². The molecule has 0 saturated carbocycles. The molecule has 0 spiro atoms. The van der Waals surface area contributed by atoms with Gasteiger partial charge in [0.15, 0.2) is 0 Å². The molecule has 19 aromatic rings. The Balaban J connectivity index is 0.000000137. The van der Waals surface area contributed by atoms with Crippen LogP contribution in [0.25, 0.3) is 181 Å². The van der Waals surface area contributed by atoms with Crippen LogP contribution in [0.2, 0.25) is 0 Å². The van der Waals surface area contributed by atoms with Crippen molar-refractivity contribution in [1.29, 1.82) is 0 Å². The van der Waals surface area contributed by atoms with Crippen LogP contribution in [0, 0.1) is 0 Å². The molecule has 16 aromatic carbocycles. The Morgan fingerprint density at radius 3 is 0.931 bits per heavy atom. The van der Waals surface area contributed by atoms with Gasteiger partial charge < -0.3 is 13.4 Å². The zero-order valence-corrected chi connectivity index (χ0v) is 47.2. The van der Waals surface area contributed by atoms with E-state index in [1.165, 1.54) is 137 Å². The summed E-state index contributed by atoms with van der Waals surface area (Å²) in [5.74, 6) is 0. The number of nitrogens with zero attached hydrogens (tertiary/aromatic N) is 1. The molecule has 0 saturated heterocycles. The van der Waals surface area contributed by atoms with E-state index in [4.69, 9.17) is 8.83 Å². The lowest BCUT2D eigenvalue weighted by molar-refractivity contribution is 0.669. The summed E-state index contributed by atoms with van der Waals surface area (Å²) in [6, 6.07) is 112. The van der Waals surface area contributed by atoms with Gasteiger partial charge in [0.25, 0.3) is 0 Å². The maximum atomic E-state index is 6.40. The van der Waals surface area contributed by atoms with Crippen LogP contribution in [-0.2, 0) is 0 Å². The van der Waals surface area contributed by atoms with Crippen molar-refractivity contribution in [2.24, 2.45) is 0 Å². The molecule has 3 nitrogen and oxygen atoms in total. The maximum Gasteiger partial charge on any atom is 0.136 e. The molecule has 0 N–H and O–H groups in total. The first-order valence-electron chi connectivity index (χ1n) is 29.9. The van der Waals surface area contributed by atoms with Gasteiger partial charge in [0, 0.05) is 38.0 Å². The quantitative estimate of drug-likeness (QED) is 0.161. The highest BCUT2D eigenvalue weighted by Crippen LogP contribution is 2.48. The summed E-state index contributed by atoms with van der Waals surface area (Å²) in [5, 5.41) is 22.0. The van der Waals surface area contributed by atoms with Crippen LogP contribution in [0.4, 0.5) is 0 Å². The Kier molecular flexibility index (Phi) is 11.0. The van der Waals surface area contributed by atoms with Gasteiger partial charge in [-0.2, -0.15) is 0 Å². The Morgan fingerprint density at radius 2 is 0.494 bits per heavy atom. The SMILES string of the molecule is c1ccc(-c2c3ccccc3c(-c3ccc4oc5cc6ccccc6cc5c4c3)c3ccccc23)cc1.c1ccc(-n2c3ccccc3c3cc(-c4c5ccccc5c(-c5ccc6oc7cc8ccccc8cc7c6c5)c5ccccc45)ccc32)cc1. The zero-order valence-electron chi connectivity index (χ0n) is 47.2. The van der Waals surface area contributed by atoms with Crippen molar-refractivity contribution in [3.63, 3.8) is 0 Å². The van der Waals surface area contributed by atoms with Crippen molar-refractivity contribution in [1.82, 2.24) is 4.57 Å². The lowest BCUT2D eigenvalue weighted by atomic mass is 9.85. The van der Waals surface area contributed by atoms with E-state index in [-0.39, 0.29) is 0 Å². The first-order chi connectivity index (χ1) is 43.1. The number of hydrogen-bond acceptors (Lipinski definition) is 2. The van der Waals surface area contributed by atoms with Gasteiger partial charge in [-0.25, -0.2) is 0 Å². The summed E-state index contributed by atoms with van der Waals surface area (Å²) in [5.41, 5.74) is 17.2. The van der Waals surface area contributed by atoms with Gasteiger partial charge in [-0.1, -0.05) is 231 Å². The van der Waals surface area contributed by atoms with Crippen molar-refractivity contribution in [2.45, 2.75) is 0 Å². The van der Waals surface area contributed by atoms with Crippen LogP contribution < -0.4 is 0 Å². The molecule has 0 fully saturated rings. The third-order valence-corrected chi connectivity index (χ3v) is 18.2.